The van der Waals surface area contributed by atoms with Gasteiger partial charge in [-0.05, 0) is 18.2 Å². The fourth-order valence-corrected chi connectivity index (χ4v) is 3.32. The predicted octanol–water partition coefficient (Wildman–Crippen LogP) is 1.58. The van der Waals surface area contributed by atoms with Crippen LogP contribution in [0.5, 0.6) is 0 Å². The number of halogens is 1. The van der Waals surface area contributed by atoms with Gasteiger partial charge in [-0.25, -0.2) is 13.2 Å². The number of rotatable bonds is 8. The first-order valence-corrected chi connectivity index (χ1v) is 8.15. The van der Waals surface area contributed by atoms with E-state index in [0.29, 0.717) is 11.1 Å². The lowest BCUT2D eigenvalue weighted by atomic mass is 10.2. The molecule has 0 heterocycles. The van der Waals surface area contributed by atoms with Gasteiger partial charge in [0.05, 0.1) is 36.0 Å². The summed E-state index contributed by atoms with van der Waals surface area (Å²) in [4.78, 5) is 10.9. The second-order valence-electron chi connectivity index (χ2n) is 3.87. The molecule has 0 bridgehead atoms. The number of ether oxygens (including phenoxy) is 2. The van der Waals surface area contributed by atoms with Gasteiger partial charge in [0.2, 0.25) is 0 Å². The maximum Gasteiger partial charge on any atom is 0.337 e. The summed E-state index contributed by atoms with van der Waals surface area (Å²) in [5.74, 6) is -1.57. The van der Waals surface area contributed by atoms with Crippen LogP contribution < -0.4 is 0 Å². The second kappa shape index (κ2) is 7.72. The molecule has 0 aromatic heterocycles. The monoisotopic (exact) mass is 366 g/mol. The molecule has 1 N–H and O–H groups in total. The molecule has 0 atom stereocenters. The van der Waals surface area contributed by atoms with Crippen molar-refractivity contribution in [3.05, 3.63) is 28.2 Å². The van der Waals surface area contributed by atoms with E-state index in [9.17, 15) is 13.2 Å². The van der Waals surface area contributed by atoms with E-state index >= 15 is 0 Å². The highest BCUT2D eigenvalue weighted by atomic mass is 79.9. The Labute approximate surface area is 125 Å². The van der Waals surface area contributed by atoms with E-state index in [2.05, 4.69) is 15.9 Å². The van der Waals surface area contributed by atoms with Crippen molar-refractivity contribution in [3.8, 4) is 0 Å². The van der Waals surface area contributed by atoms with Crippen molar-refractivity contribution in [1.82, 2.24) is 0 Å². The van der Waals surface area contributed by atoms with Gasteiger partial charge in [0.1, 0.15) is 0 Å². The van der Waals surface area contributed by atoms with Crippen LogP contribution in [0.2, 0.25) is 0 Å². The zero-order valence-corrected chi connectivity index (χ0v) is 13.2. The Kier molecular flexibility index (Phi) is 6.60. The fraction of sp³-hybridized carbons (Fsp3) is 0.417. The Balaban J connectivity index is 2.86. The largest absolute Gasteiger partial charge is 0.478 e. The van der Waals surface area contributed by atoms with Gasteiger partial charge in [0.15, 0.2) is 9.84 Å². The molecule has 6 nitrogen and oxygen atoms in total. The van der Waals surface area contributed by atoms with Crippen LogP contribution in [0.1, 0.15) is 10.4 Å². The van der Waals surface area contributed by atoms with Gasteiger partial charge in [-0.3, -0.25) is 0 Å². The number of hydrogen-bond acceptors (Lipinski definition) is 5. The molecule has 0 aliphatic carbocycles. The summed E-state index contributed by atoms with van der Waals surface area (Å²) in [5.41, 5.74) is -0.245. The van der Waals surface area contributed by atoms with Crippen molar-refractivity contribution < 1.29 is 27.8 Å². The third kappa shape index (κ3) is 4.86. The molecule has 1 rings (SSSR count). The highest BCUT2D eigenvalue weighted by molar-refractivity contribution is 9.10. The van der Waals surface area contributed by atoms with Crippen molar-refractivity contribution in [3.63, 3.8) is 0 Å². The van der Waals surface area contributed by atoms with Crippen molar-refractivity contribution >= 4 is 31.7 Å². The maximum absolute atomic E-state index is 12.1. The third-order valence-electron chi connectivity index (χ3n) is 2.44. The number of carboxylic acid groups (broad SMARTS) is 1. The highest BCUT2D eigenvalue weighted by Crippen LogP contribution is 2.22. The summed E-state index contributed by atoms with van der Waals surface area (Å²) >= 11 is 3.14. The molecule has 1 aromatic carbocycles. The summed E-state index contributed by atoms with van der Waals surface area (Å²) in [6.07, 6.45) is 0. The lowest BCUT2D eigenvalue weighted by Crippen LogP contribution is -2.17. The van der Waals surface area contributed by atoms with Crippen LogP contribution in [0.3, 0.4) is 0 Å². The molecule has 0 saturated heterocycles. The molecule has 112 valence electrons. The molecule has 0 fully saturated rings. The third-order valence-corrected chi connectivity index (χ3v) is 4.64. The lowest BCUT2D eigenvalue weighted by Gasteiger charge is -2.09. The normalized spacial score (nSPS) is 11.5. The first-order valence-electron chi connectivity index (χ1n) is 5.71. The summed E-state index contributed by atoms with van der Waals surface area (Å²) in [6, 6.07) is 4.02. The zero-order valence-electron chi connectivity index (χ0n) is 10.8. The van der Waals surface area contributed by atoms with Crippen LogP contribution in [0.25, 0.3) is 0 Å². The quantitative estimate of drug-likeness (QED) is 0.702. The maximum atomic E-state index is 12.1. The number of methoxy groups -OCH3 is 1. The molecule has 0 saturated carbocycles. The molecule has 0 spiro atoms. The molecule has 20 heavy (non-hydrogen) atoms. The molecule has 0 radical (unpaired) electrons. The minimum atomic E-state index is -3.72. The smallest absolute Gasteiger partial charge is 0.337 e. The predicted molar refractivity (Wildman–Crippen MR) is 75.8 cm³/mol. The SMILES string of the molecule is COCCOCCS(=O)(=O)c1cc(Br)ccc1C(=O)O. The second-order valence-corrected chi connectivity index (χ2v) is 6.86. The van der Waals surface area contributed by atoms with Crippen LogP contribution in [-0.2, 0) is 19.3 Å². The van der Waals surface area contributed by atoms with Crippen LogP contribution in [0.4, 0.5) is 0 Å². The number of hydrogen-bond donors (Lipinski definition) is 1. The Hall–Kier alpha value is -0.960. The van der Waals surface area contributed by atoms with Crippen molar-refractivity contribution in [1.29, 1.82) is 0 Å². The molecular weight excluding hydrogens is 352 g/mol. The number of carboxylic acids is 1. The number of carbonyl (C=O) groups is 1. The Bertz CT molecular complexity index is 569. The Morgan fingerprint density at radius 1 is 1.30 bits per heavy atom. The molecular formula is C12H15BrO6S. The number of aromatic carboxylic acids is 1. The van der Waals surface area contributed by atoms with E-state index in [1.165, 1.54) is 25.3 Å². The minimum Gasteiger partial charge on any atom is -0.478 e. The minimum absolute atomic E-state index is 0.0166. The van der Waals surface area contributed by atoms with E-state index in [1.807, 2.05) is 0 Å². The highest BCUT2D eigenvalue weighted by Gasteiger charge is 2.22. The molecule has 0 unspecified atom stereocenters. The van der Waals surface area contributed by atoms with Gasteiger partial charge in [0.25, 0.3) is 0 Å². The lowest BCUT2D eigenvalue weighted by molar-refractivity contribution is 0.0692. The Morgan fingerprint density at radius 2 is 2.00 bits per heavy atom. The van der Waals surface area contributed by atoms with Crippen LogP contribution in [-0.4, -0.2) is 52.2 Å². The average molecular weight is 367 g/mol. The van der Waals surface area contributed by atoms with E-state index in [-0.39, 0.29) is 29.4 Å². The molecule has 0 amide bonds. The molecule has 8 heteroatoms. The van der Waals surface area contributed by atoms with Crippen molar-refractivity contribution in [2.75, 3.05) is 32.7 Å². The van der Waals surface area contributed by atoms with Gasteiger partial charge in [-0.15, -0.1) is 0 Å². The molecule has 1 aromatic rings. The van der Waals surface area contributed by atoms with Crippen LogP contribution in [0, 0.1) is 0 Å². The first kappa shape index (κ1) is 17.1. The Morgan fingerprint density at radius 3 is 2.60 bits per heavy atom. The molecule has 0 aliphatic heterocycles. The van der Waals surface area contributed by atoms with Gasteiger partial charge in [0, 0.05) is 11.6 Å². The van der Waals surface area contributed by atoms with E-state index in [0.717, 1.165) is 0 Å². The van der Waals surface area contributed by atoms with Crippen molar-refractivity contribution in [2.24, 2.45) is 0 Å². The zero-order chi connectivity index (χ0) is 15.2. The number of benzene rings is 1. The van der Waals surface area contributed by atoms with E-state index in [1.54, 1.807) is 0 Å². The van der Waals surface area contributed by atoms with Gasteiger partial charge in [-0.1, -0.05) is 15.9 Å². The number of sulfone groups is 1. The standard InChI is InChI=1S/C12H15BrO6S/c1-18-4-5-19-6-7-20(16,17)11-8-9(13)2-3-10(11)12(14)15/h2-3,8H,4-7H2,1H3,(H,14,15). The van der Waals surface area contributed by atoms with Crippen LogP contribution in [0.15, 0.2) is 27.6 Å². The first-order chi connectivity index (χ1) is 9.38. The fourth-order valence-electron chi connectivity index (χ4n) is 1.45. The van der Waals surface area contributed by atoms with E-state index < -0.39 is 15.8 Å². The average Bonchev–Trinajstić information content (AvgIpc) is 2.38. The van der Waals surface area contributed by atoms with E-state index in [4.69, 9.17) is 14.6 Å². The van der Waals surface area contributed by atoms with Gasteiger partial charge < -0.3 is 14.6 Å². The van der Waals surface area contributed by atoms with Gasteiger partial charge >= 0.3 is 5.97 Å². The van der Waals surface area contributed by atoms with Crippen LogP contribution >= 0.6 is 15.9 Å². The molecule has 0 aliphatic rings. The summed E-state index contributed by atoms with van der Waals surface area (Å²) in [7, 11) is -2.21. The summed E-state index contributed by atoms with van der Waals surface area (Å²) in [6.45, 7) is 0.644. The topological polar surface area (TPSA) is 89.9 Å². The van der Waals surface area contributed by atoms with Gasteiger partial charge in [-0.2, -0.15) is 0 Å². The van der Waals surface area contributed by atoms with Crippen molar-refractivity contribution in [2.45, 2.75) is 4.90 Å². The summed E-state index contributed by atoms with van der Waals surface area (Å²) < 4.78 is 34.7. The summed E-state index contributed by atoms with van der Waals surface area (Å²) in [5, 5.41) is 9.03.